The van der Waals surface area contributed by atoms with Gasteiger partial charge in [-0.2, -0.15) is 0 Å². The fraction of sp³-hybridized carbons (Fsp3) is 1.00. The quantitative estimate of drug-likeness (QED) is 0.701. The molecule has 1 saturated carbocycles. The second kappa shape index (κ2) is 3.97. The number of rotatable bonds is 4. The summed E-state index contributed by atoms with van der Waals surface area (Å²) in [7, 11) is 0. The van der Waals surface area contributed by atoms with Gasteiger partial charge in [0.2, 0.25) is 0 Å². The standard InChI is InChI=1S/C11H23NO/c1-8(2)9(3)10(13)11(7-12)5-4-6-11/h8-10,13H,4-7,12H2,1-3H3. The summed E-state index contributed by atoms with van der Waals surface area (Å²) in [5.74, 6) is 0.905. The van der Waals surface area contributed by atoms with Crippen LogP contribution < -0.4 is 5.73 Å². The maximum absolute atomic E-state index is 10.2. The molecule has 0 aliphatic heterocycles. The molecule has 0 aromatic rings. The van der Waals surface area contributed by atoms with E-state index in [0.29, 0.717) is 18.4 Å². The zero-order chi connectivity index (χ0) is 10.1. The van der Waals surface area contributed by atoms with Gasteiger partial charge < -0.3 is 10.8 Å². The monoisotopic (exact) mass is 185 g/mol. The highest BCUT2D eigenvalue weighted by atomic mass is 16.3. The van der Waals surface area contributed by atoms with Crippen molar-refractivity contribution in [2.24, 2.45) is 23.0 Å². The Labute approximate surface area is 81.5 Å². The molecule has 0 bridgehead atoms. The highest BCUT2D eigenvalue weighted by Gasteiger charge is 2.44. The lowest BCUT2D eigenvalue weighted by molar-refractivity contribution is -0.0685. The van der Waals surface area contributed by atoms with E-state index in [0.717, 1.165) is 12.8 Å². The van der Waals surface area contributed by atoms with E-state index in [1.807, 2.05) is 0 Å². The Bertz CT molecular complexity index is 158. The first-order valence-electron chi connectivity index (χ1n) is 5.41. The molecule has 2 nitrogen and oxygen atoms in total. The molecular weight excluding hydrogens is 162 g/mol. The number of hydrogen-bond acceptors (Lipinski definition) is 2. The predicted molar refractivity (Wildman–Crippen MR) is 55.3 cm³/mol. The number of hydrogen-bond donors (Lipinski definition) is 2. The molecule has 2 heteroatoms. The summed E-state index contributed by atoms with van der Waals surface area (Å²) in [6.45, 7) is 7.10. The van der Waals surface area contributed by atoms with Crippen molar-refractivity contribution in [2.75, 3.05) is 6.54 Å². The second-order valence-corrected chi connectivity index (χ2v) is 4.97. The molecule has 0 radical (unpaired) electrons. The molecule has 2 atom stereocenters. The van der Waals surface area contributed by atoms with E-state index < -0.39 is 0 Å². The zero-order valence-electron chi connectivity index (χ0n) is 9.09. The highest BCUT2D eigenvalue weighted by molar-refractivity contribution is 4.96. The van der Waals surface area contributed by atoms with Crippen LogP contribution in [0.1, 0.15) is 40.0 Å². The molecule has 0 heterocycles. The molecular formula is C11H23NO. The van der Waals surface area contributed by atoms with Crippen molar-refractivity contribution in [1.29, 1.82) is 0 Å². The molecule has 13 heavy (non-hydrogen) atoms. The van der Waals surface area contributed by atoms with Gasteiger partial charge in [-0.25, -0.2) is 0 Å². The normalized spacial score (nSPS) is 25.4. The van der Waals surface area contributed by atoms with Gasteiger partial charge in [0.1, 0.15) is 0 Å². The van der Waals surface area contributed by atoms with Crippen LogP contribution in [0.2, 0.25) is 0 Å². The molecule has 1 aliphatic carbocycles. The Morgan fingerprint density at radius 1 is 1.31 bits per heavy atom. The van der Waals surface area contributed by atoms with Crippen molar-refractivity contribution in [3.63, 3.8) is 0 Å². The van der Waals surface area contributed by atoms with E-state index in [-0.39, 0.29) is 11.5 Å². The van der Waals surface area contributed by atoms with E-state index in [4.69, 9.17) is 5.73 Å². The molecule has 0 aromatic heterocycles. The summed E-state index contributed by atoms with van der Waals surface area (Å²) in [5, 5.41) is 10.2. The third kappa shape index (κ3) is 1.89. The van der Waals surface area contributed by atoms with Crippen molar-refractivity contribution in [1.82, 2.24) is 0 Å². The van der Waals surface area contributed by atoms with Gasteiger partial charge in [-0.05, 0) is 24.7 Å². The molecule has 0 amide bonds. The van der Waals surface area contributed by atoms with Gasteiger partial charge in [-0.3, -0.25) is 0 Å². The SMILES string of the molecule is CC(C)C(C)C(O)C1(CN)CCC1. The molecule has 1 rings (SSSR count). The van der Waals surface area contributed by atoms with Crippen molar-refractivity contribution < 1.29 is 5.11 Å². The van der Waals surface area contributed by atoms with E-state index >= 15 is 0 Å². The van der Waals surface area contributed by atoms with Gasteiger partial charge in [-0.15, -0.1) is 0 Å². The van der Waals surface area contributed by atoms with Crippen LogP contribution in [0.25, 0.3) is 0 Å². The van der Waals surface area contributed by atoms with E-state index in [1.54, 1.807) is 0 Å². The number of nitrogens with two attached hydrogens (primary N) is 1. The Hall–Kier alpha value is -0.0800. The second-order valence-electron chi connectivity index (χ2n) is 4.97. The van der Waals surface area contributed by atoms with E-state index in [1.165, 1.54) is 6.42 Å². The summed E-state index contributed by atoms with van der Waals surface area (Å²) in [5.41, 5.74) is 5.81. The fourth-order valence-electron chi connectivity index (χ4n) is 2.17. The van der Waals surface area contributed by atoms with Crippen LogP contribution in [-0.2, 0) is 0 Å². The summed E-state index contributed by atoms with van der Waals surface area (Å²) >= 11 is 0. The predicted octanol–water partition coefficient (Wildman–Crippen LogP) is 1.77. The van der Waals surface area contributed by atoms with Crippen molar-refractivity contribution in [3.05, 3.63) is 0 Å². The number of aliphatic hydroxyl groups is 1. The van der Waals surface area contributed by atoms with Crippen LogP contribution in [0.3, 0.4) is 0 Å². The van der Waals surface area contributed by atoms with Gasteiger partial charge in [-0.1, -0.05) is 27.2 Å². The summed E-state index contributed by atoms with van der Waals surface area (Å²) in [4.78, 5) is 0. The van der Waals surface area contributed by atoms with Crippen LogP contribution in [0, 0.1) is 17.3 Å². The Morgan fingerprint density at radius 3 is 2.08 bits per heavy atom. The van der Waals surface area contributed by atoms with Crippen LogP contribution >= 0.6 is 0 Å². The lowest BCUT2D eigenvalue weighted by Gasteiger charge is -2.47. The maximum Gasteiger partial charge on any atom is 0.0636 e. The maximum atomic E-state index is 10.2. The largest absolute Gasteiger partial charge is 0.392 e. The average molecular weight is 185 g/mol. The summed E-state index contributed by atoms with van der Waals surface area (Å²) < 4.78 is 0. The fourth-order valence-corrected chi connectivity index (χ4v) is 2.17. The Balaban J connectivity index is 2.59. The average Bonchev–Trinajstić information content (AvgIpc) is 2.01. The third-order valence-electron chi connectivity index (χ3n) is 3.93. The smallest absolute Gasteiger partial charge is 0.0636 e. The third-order valence-corrected chi connectivity index (χ3v) is 3.93. The van der Waals surface area contributed by atoms with E-state index in [9.17, 15) is 5.11 Å². The molecule has 0 spiro atoms. The van der Waals surface area contributed by atoms with Gasteiger partial charge in [0.25, 0.3) is 0 Å². The molecule has 2 unspecified atom stereocenters. The van der Waals surface area contributed by atoms with Crippen molar-refractivity contribution in [3.8, 4) is 0 Å². The molecule has 1 aliphatic rings. The lowest BCUT2D eigenvalue weighted by atomic mass is 9.61. The van der Waals surface area contributed by atoms with Gasteiger partial charge in [0.15, 0.2) is 0 Å². The number of aliphatic hydroxyl groups excluding tert-OH is 1. The van der Waals surface area contributed by atoms with Crippen LogP contribution in [-0.4, -0.2) is 17.8 Å². The first-order chi connectivity index (χ1) is 6.03. The minimum absolute atomic E-state index is 0.0592. The summed E-state index contributed by atoms with van der Waals surface area (Å²) in [6, 6.07) is 0. The van der Waals surface area contributed by atoms with E-state index in [2.05, 4.69) is 20.8 Å². The van der Waals surface area contributed by atoms with Gasteiger partial charge >= 0.3 is 0 Å². The Kier molecular flexibility index (Phi) is 3.36. The molecule has 78 valence electrons. The minimum Gasteiger partial charge on any atom is -0.392 e. The lowest BCUT2D eigenvalue weighted by Crippen LogP contribution is -2.50. The van der Waals surface area contributed by atoms with Crippen LogP contribution in [0.4, 0.5) is 0 Å². The molecule has 3 N–H and O–H groups in total. The first kappa shape index (κ1) is 11.0. The van der Waals surface area contributed by atoms with Gasteiger partial charge in [0, 0.05) is 12.0 Å². The molecule has 0 saturated heterocycles. The topological polar surface area (TPSA) is 46.2 Å². The zero-order valence-corrected chi connectivity index (χ0v) is 9.09. The van der Waals surface area contributed by atoms with Crippen LogP contribution in [0.15, 0.2) is 0 Å². The Morgan fingerprint density at radius 2 is 1.85 bits per heavy atom. The van der Waals surface area contributed by atoms with Crippen molar-refractivity contribution >= 4 is 0 Å². The van der Waals surface area contributed by atoms with Crippen molar-refractivity contribution in [2.45, 2.75) is 46.1 Å². The first-order valence-corrected chi connectivity index (χ1v) is 5.41. The minimum atomic E-state index is -0.203. The van der Waals surface area contributed by atoms with Gasteiger partial charge in [0.05, 0.1) is 6.10 Å². The molecule has 0 aromatic carbocycles. The van der Waals surface area contributed by atoms with Crippen LogP contribution in [0.5, 0.6) is 0 Å². The molecule has 1 fully saturated rings. The summed E-state index contributed by atoms with van der Waals surface area (Å²) in [6.07, 6.45) is 3.26. The highest BCUT2D eigenvalue weighted by Crippen LogP contribution is 2.46.